The summed E-state index contributed by atoms with van der Waals surface area (Å²) in [5.74, 6) is 0.861. The molecule has 2 aromatic rings. The first-order valence-electron chi connectivity index (χ1n) is 8.31. The van der Waals surface area contributed by atoms with E-state index in [4.69, 9.17) is 18.9 Å². The maximum atomic E-state index is 5.78. The molecule has 0 amide bonds. The van der Waals surface area contributed by atoms with Crippen molar-refractivity contribution in [2.75, 3.05) is 20.3 Å². The third-order valence-electron chi connectivity index (χ3n) is 4.06. The van der Waals surface area contributed by atoms with Gasteiger partial charge in [-0.3, -0.25) is 0 Å². The molecule has 4 nitrogen and oxygen atoms in total. The van der Waals surface area contributed by atoms with Gasteiger partial charge in [-0.05, 0) is 23.3 Å². The van der Waals surface area contributed by atoms with Crippen LogP contribution in [0, 0.1) is 0 Å². The van der Waals surface area contributed by atoms with Gasteiger partial charge in [-0.1, -0.05) is 42.5 Å². The standard InChI is InChI=1S/C20H24O4/c1-21-18-9-7-17(8-10-18)13-23-15-20-11-19(24-20)14-22-12-16-5-3-2-4-6-16/h2-10,19-20H,11-15H2,1H3/t19?,20-/m0/s1. The molecule has 0 N–H and O–H groups in total. The van der Waals surface area contributed by atoms with Crippen molar-refractivity contribution >= 4 is 0 Å². The van der Waals surface area contributed by atoms with Crippen molar-refractivity contribution < 1.29 is 18.9 Å². The van der Waals surface area contributed by atoms with Crippen molar-refractivity contribution in [1.29, 1.82) is 0 Å². The minimum Gasteiger partial charge on any atom is -0.497 e. The van der Waals surface area contributed by atoms with Crippen LogP contribution in [0.1, 0.15) is 17.5 Å². The summed E-state index contributed by atoms with van der Waals surface area (Å²) in [6.45, 7) is 2.50. The fourth-order valence-corrected chi connectivity index (χ4v) is 2.68. The van der Waals surface area contributed by atoms with Crippen LogP contribution in [-0.4, -0.2) is 32.5 Å². The predicted molar refractivity (Wildman–Crippen MR) is 92.0 cm³/mol. The summed E-state index contributed by atoms with van der Waals surface area (Å²) in [7, 11) is 1.67. The fourth-order valence-electron chi connectivity index (χ4n) is 2.68. The Kier molecular flexibility index (Phi) is 6.24. The van der Waals surface area contributed by atoms with Crippen LogP contribution < -0.4 is 4.74 Å². The van der Waals surface area contributed by atoms with E-state index < -0.39 is 0 Å². The van der Waals surface area contributed by atoms with Crippen molar-refractivity contribution in [3.05, 3.63) is 65.7 Å². The van der Waals surface area contributed by atoms with Gasteiger partial charge in [0.15, 0.2) is 0 Å². The SMILES string of the molecule is COc1ccc(COC[C@@H]2CC(COCc3ccccc3)O2)cc1. The largest absolute Gasteiger partial charge is 0.497 e. The number of benzene rings is 2. The van der Waals surface area contributed by atoms with Crippen LogP contribution in [0.4, 0.5) is 0 Å². The monoisotopic (exact) mass is 328 g/mol. The molecular formula is C20H24O4. The molecule has 1 aliphatic heterocycles. The summed E-state index contributed by atoms with van der Waals surface area (Å²) in [6.07, 6.45) is 1.38. The van der Waals surface area contributed by atoms with E-state index in [0.717, 1.165) is 17.7 Å². The fraction of sp³-hybridized carbons (Fsp3) is 0.400. The number of rotatable bonds is 9. The van der Waals surface area contributed by atoms with Crippen molar-refractivity contribution in [1.82, 2.24) is 0 Å². The van der Waals surface area contributed by atoms with Crippen LogP contribution in [0.2, 0.25) is 0 Å². The lowest BCUT2D eigenvalue weighted by atomic mass is 10.1. The molecule has 128 valence electrons. The molecule has 0 bridgehead atoms. The number of ether oxygens (including phenoxy) is 4. The summed E-state index contributed by atoms with van der Waals surface area (Å²) in [5, 5.41) is 0. The zero-order valence-corrected chi connectivity index (χ0v) is 14.0. The second kappa shape index (κ2) is 8.83. The molecular weight excluding hydrogens is 304 g/mol. The molecule has 0 aliphatic carbocycles. The molecule has 1 fully saturated rings. The summed E-state index contributed by atoms with van der Waals surface area (Å²) in [6, 6.07) is 18.1. The number of hydrogen-bond donors (Lipinski definition) is 0. The smallest absolute Gasteiger partial charge is 0.118 e. The van der Waals surface area contributed by atoms with E-state index in [-0.39, 0.29) is 12.2 Å². The van der Waals surface area contributed by atoms with E-state index in [1.54, 1.807) is 7.11 Å². The molecule has 1 aliphatic rings. The Morgan fingerprint density at radius 1 is 0.833 bits per heavy atom. The Morgan fingerprint density at radius 2 is 1.38 bits per heavy atom. The summed E-state index contributed by atoms with van der Waals surface area (Å²) in [5.41, 5.74) is 2.33. The van der Waals surface area contributed by atoms with Gasteiger partial charge in [0.05, 0.1) is 45.7 Å². The summed E-state index contributed by atoms with van der Waals surface area (Å²) < 4.78 is 22.3. The molecule has 1 saturated heterocycles. The maximum Gasteiger partial charge on any atom is 0.118 e. The molecule has 1 unspecified atom stereocenters. The van der Waals surface area contributed by atoms with E-state index in [1.165, 1.54) is 5.56 Å². The van der Waals surface area contributed by atoms with Crippen LogP contribution in [0.25, 0.3) is 0 Å². The topological polar surface area (TPSA) is 36.9 Å². The minimum absolute atomic E-state index is 0.188. The number of hydrogen-bond acceptors (Lipinski definition) is 4. The normalized spacial score (nSPS) is 19.7. The Bertz CT molecular complexity index is 591. The van der Waals surface area contributed by atoms with Crippen LogP contribution in [0.15, 0.2) is 54.6 Å². The highest BCUT2D eigenvalue weighted by Crippen LogP contribution is 2.22. The zero-order chi connectivity index (χ0) is 16.6. The van der Waals surface area contributed by atoms with Crippen molar-refractivity contribution in [3.63, 3.8) is 0 Å². The van der Waals surface area contributed by atoms with E-state index in [0.29, 0.717) is 26.4 Å². The first-order valence-corrected chi connectivity index (χ1v) is 8.31. The molecule has 0 radical (unpaired) electrons. The lowest BCUT2D eigenvalue weighted by molar-refractivity contribution is -0.176. The van der Waals surface area contributed by atoms with E-state index in [9.17, 15) is 0 Å². The molecule has 4 heteroatoms. The van der Waals surface area contributed by atoms with Crippen molar-refractivity contribution in [2.24, 2.45) is 0 Å². The summed E-state index contributed by atoms with van der Waals surface area (Å²) >= 11 is 0. The highest BCUT2D eigenvalue weighted by Gasteiger charge is 2.30. The van der Waals surface area contributed by atoms with Gasteiger partial charge >= 0.3 is 0 Å². The van der Waals surface area contributed by atoms with Gasteiger partial charge in [0.25, 0.3) is 0 Å². The highest BCUT2D eigenvalue weighted by atomic mass is 16.6. The molecule has 0 spiro atoms. The predicted octanol–water partition coefficient (Wildman–Crippen LogP) is 3.59. The second-order valence-electron chi connectivity index (χ2n) is 5.98. The molecule has 24 heavy (non-hydrogen) atoms. The third kappa shape index (κ3) is 5.06. The zero-order valence-electron chi connectivity index (χ0n) is 14.0. The molecule has 3 rings (SSSR count). The molecule has 2 atom stereocenters. The van der Waals surface area contributed by atoms with E-state index in [2.05, 4.69) is 12.1 Å². The first-order chi connectivity index (χ1) is 11.8. The van der Waals surface area contributed by atoms with Crippen LogP contribution >= 0.6 is 0 Å². The molecule has 1 heterocycles. The highest BCUT2D eigenvalue weighted by molar-refractivity contribution is 5.26. The lowest BCUT2D eigenvalue weighted by Crippen LogP contribution is -2.43. The Hall–Kier alpha value is -1.88. The third-order valence-corrected chi connectivity index (χ3v) is 4.06. The van der Waals surface area contributed by atoms with Gasteiger partial charge in [0, 0.05) is 6.42 Å². The van der Waals surface area contributed by atoms with Gasteiger partial charge in [-0.2, -0.15) is 0 Å². The maximum absolute atomic E-state index is 5.78. The Morgan fingerprint density at radius 3 is 1.92 bits per heavy atom. The molecule has 0 aromatic heterocycles. The molecule has 2 aromatic carbocycles. The van der Waals surface area contributed by atoms with Crippen LogP contribution in [0.3, 0.4) is 0 Å². The molecule has 0 saturated carbocycles. The minimum atomic E-state index is 0.188. The number of methoxy groups -OCH3 is 1. The van der Waals surface area contributed by atoms with E-state index >= 15 is 0 Å². The average molecular weight is 328 g/mol. The van der Waals surface area contributed by atoms with Crippen LogP contribution in [0.5, 0.6) is 5.75 Å². The van der Waals surface area contributed by atoms with Gasteiger partial charge < -0.3 is 18.9 Å². The Balaban J connectivity index is 1.24. The van der Waals surface area contributed by atoms with E-state index in [1.807, 2.05) is 42.5 Å². The van der Waals surface area contributed by atoms with Crippen molar-refractivity contribution in [2.45, 2.75) is 31.8 Å². The van der Waals surface area contributed by atoms with Gasteiger partial charge in [0.2, 0.25) is 0 Å². The van der Waals surface area contributed by atoms with Gasteiger partial charge in [0.1, 0.15) is 5.75 Å². The Labute approximate surface area is 143 Å². The second-order valence-corrected chi connectivity index (χ2v) is 5.98. The lowest BCUT2D eigenvalue weighted by Gasteiger charge is -2.35. The summed E-state index contributed by atoms with van der Waals surface area (Å²) in [4.78, 5) is 0. The average Bonchev–Trinajstić information content (AvgIpc) is 2.60. The van der Waals surface area contributed by atoms with Gasteiger partial charge in [-0.25, -0.2) is 0 Å². The van der Waals surface area contributed by atoms with Crippen LogP contribution in [-0.2, 0) is 27.4 Å². The first kappa shape index (κ1) is 17.0. The van der Waals surface area contributed by atoms with Crippen molar-refractivity contribution in [3.8, 4) is 5.75 Å². The van der Waals surface area contributed by atoms with Gasteiger partial charge in [-0.15, -0.1) is 0 Å². The quantitative estimate of drug-likeness (QED) is 0.705.